The molecule has 0 aromatic heterocycles. The molecule has 1 atom stereocenters. The number of nitrogens with one attached hydrogen (secondary N) is 1. The fraction of sp³-hybridized carbons (Fsp3) is 0.667. The molecule has 1 N–H and O–H groups in total. The van der Waals surface area contributed by atoms with E-state index in [1.165, 1.54) is 32.4 Å². The van der Waals surface area contributed by atoms with Crippen LogP contribution >= 0.6 is 0 Å². The number of rotatable bonds is 2. The van der Waals surface area contributed by atoms with Crippen molar-refractivity contribution in [3.63, 3.8) is 0 Å². The van der Waals surface area contributed by atoms with Crippen molar-refractivity contribution < 1.29 is 0 Å². The number of hydrogen-bond donors (Lipinski definition) is 1. The molecule has 0 aromatic carbocycles. The van der Waals surface area contributed by atoms with Crippen molar-refractivity contribution in [3.8, 4) is 0 Å². The van der Waals surface area contributed by atoms with Crippen LogP contribution in [0.2, 0.25) is 0 Å². The van der Waals surface area contributed by atoms with Crippen molar-refractivity contribution in [2.75, 3.05) is 13.1 Å². The maximum atomic E-state index is 3.71. The summed E-state index contributed by atoms with van der Waals surface area (Å²) in [7, 11) is 0. The first kappa shape index (κ1) is 7.80. The second-order valence-electron chi connectivity index (χ2n) is 2.87. The third-order valence-corrected chi connectivity index (χ3v) is 2.03. The van der Waals surface area contributed by atoms with E-state index in [0.717, 1.165) is 5.92 Å². The number of hydrogen-bond acceptors (Lipinski definition) is 1. The average molecular weight is 139 g/mol. The summed E-state index contributed by atoms with van der Waals surface area (Å²) in [5.74, 6) is 0.785. The Morgan fingerprint density at radius 2 is 2.20 bits per heavy atom. The summed E-state index contributed by atoms with van der Waals surface area (Å²) in [6.07, 6.45) is 8.09. The van der Waals surface area contributed by atoms with Crippen LogP contribution in [0.4, 0.5) is 0 Å². The van der Waals surface area contributed by atoms with Gasteiger partial charge in [-0.15, -0.1) is 6.58 Å². The van der Waals surface area contributed by atoms with E-state index >= 15 is 0 Å². The smallest absolute Gasteiger partial charge is 0.00461 e. The highest BCUT2D eigenvalue weighted by atomic mass is 15.0. The molecule has 0 saturated carbocycles. The maximum Gasteiger partial charge on any atom is -0.00461 e. The molecule has 1 unspecified atom stereocenters. The van der Waals surface area contributed by atoms with Crippen molar-refractivity contribution in [3.05, 3.63) is 19.1 Å². The summed E-state index contributed by atoms with van der Waals surface area (Å²) in [5.41, 5.74) is 0. The Morgan fingerprint density at radius 1 is 1.30 bits per heavy atom. The average Bonchev–Trinajstić information content (AvgIpc) is 2.17. The molecule has 10 heavy (non-hydrogen) atoms. The van der Waals surface area contributed by atoms with Gasteiger partial charge in [-0.2, -0.15) is 0 Å². The standard InChI is InChI=1S/C9H16N/c1-2-4-9-5-3-7-10-8-6-9/h2,4,9-10H,1,3,5-8H2/i8+1. The Hall–Kier alpha value is -0.300. The zero-order chi connectivity index (χ0) is 7.23. The van der Waals surface area contributed by atoms with Gasteiger partial charge in [0, 0.05) is 0 Å². The lowest BCUT2D eigenvalue weighted by Crippen LogP contribution is -2.13. The van der Waals surface area contributed by atoms with Gasteiger partial charge in [0.15, 0.2) is 0 Å². The Bertz CT molecular complexity index is 90.9. The molecule has 57 valence electrons. The molecular weight excluding hydrogens is 123 g/mol. The van der Waals surface area contributed by atoms with Crippen LogP contribution in [0.1, 0.15) is 19.3 Å². The first-order chi connectivity index (χ1) is 4.93. The Kier molecular flexibility index (Phi) is 3.52. The first-order valence-electron chi connectivity index (χ1n) is 4.10. The zero-order valence-electron chi connectivity index (χ0n) is 6.47. The second-order valence-corrected chi connectivity index (χ2v) is 2.87. The third-order valence-electron chi connectivity index (χ3n) is 2.03. The van der Waals surface area contributed by atoms with Crippen molar-refractivity contribution >= 4 is 0 Å². The van der Waals surface area contributed by atoms with Crippen LogP contribution < -0.4 is 5.32 Å². The van der Waals surface area contributed by atoms with E-state index in [-0.39, 0.29) is 0 Å². The van der Waals surface area contributed by atoms with Crippen LogP contribution in [0, 0.1) is 12.3 Å². The number of allylic oxidation sites excluding steroid dienone is 1. The highest BCUT2D eigenvalue weighted by molar-refractivity contribution is 4.93. The van der Waals surface area contributed by atoms with Crippen molar-refractivity contribution in [1.29, 1.82) is 0 Å². The summed E-state index contributed by atoms with van der Waals surface area (Å²) >= 11 is 0. The van der Waals surface area contributed by atoms with Crippen LogP contribution in [-0.2, 0) is 0 Å². The van der Waals surface area contributed by atoms with Crippen molar-refractivity contribution in [2.45, 2.75) is 19.3 Å². The fourth-order valence-electron chi connectivity index (χ4n) is 1.43. The lowest BCUT2D eigenvalue weighted by Gasteiger charge is -2.08. The Morgan fingerprint density at radius 3 is 3.00 bits per heavy atom. The molecule has 1 heteroatoms. The largest absolute Gasteiger partial charge is 0.317 e. The van der Waals surface area contributed by atoms with Crippen LogP contribution in [0.5, 0.6) is 0 Å². The van der Waals surface area contributed by atoms with E-state index in [0.29, 0.717) is 0 Å². The molecule has 1 fully saturated rings. The monoisotopic (exact) mass is 139 g/mol. The Labute approximate surface area is 63.5 Å². The van der Waals surface area contributed by atoms with Gasteiger partial charge in [-0.05, 0) is 44.7 Å². The minimum Gasteiger partial charge on any atom is -0.317 e. The van der Waals surface area contributed by atoms with Gasteiger partial charge in [0.05, 0.1) is 0 Å². The van der Waals surface area contributed by atoms with Gasteiger partial charge in [-0.1, -0.05) is 6.08 Å². The molecule has 0 amide bonds. The van der Waals surface area contributed by atoms with Gasteiger partial charge in [0.1, 0.15) is 0 Å². The SMILES string of the molecule is C=C[CH]C1CCCN[13CH2]C1. The van der Waals surface area contributed by atoms with Gasteiger partial charge in [-0.25, -0.2) is 0 Å². The van der Waals surface area contributed by atoms with E-state index in [2.05, 4.69) is 18.3 Å². The molecule has 0 aromatic rings. The van der Waals surface area contributed by atoms with Gasteiger partial charge >= 0.3 is 0 Å². The van der Waals surface area contributed by atoms with Crippen molar-refractivity contribution in [2.24, 2.45) is 5.92 Å². The van der Waals surface area contributed by atoms with E-state index in [1.807, 2.05) is 6.08 Å². The summed E-state index contributed by atoms with van der Waals surface area (Å²) in [4.78, 5) is 0. The molecular formula is C9H16N. The molecule has 1 aliphatic rings. The van der Waals surface area contributed by atoms with E-state index in [4.69, 9.17) is 0 Å². The third kappa shape index (κ3) is 2.53. The van der Waals surface area contributed by atoms with Crippen LogP contribution in [0.25, 0.3) is 0 Å². The quantitative estimate of drug-likeness (QED) is 0.575. The highest BCUT2D eigenvalue weighted by Gasteiger charge is 2.09. The minimum absolute atomic E-state index is 0.785. The van der Waals surface area contributed by atoms with Gasteiger partial charge in [-0.3, -0.25) is 0 Å². The summed E-state index contributed by atoms with van der Waals surface area (Å²) in [6.45, 7) is 6.08. The summed E-state index contributed by atoms with van der Waals surface area (Å²) in [5, 5.41) is 3.38. The minimum atomic E-state index is 0.785. The normalized spacial score (nSPS) is 27.4. The van der Waals surface area contributed by atoms with Crippen LogP contribution in [-0.4, -0.2) is 13.1 Å². The molecule has 0 bridgehead atoms. The lowest BCUT2D eigenvalue weighted by atomic mass is 9.99. The zero-order valence-corrected chi connectivity index (χ0v) is 6.47. The highest BCUT2D eigenvalue weighted by Crippen LogP contribution is 2.16. The van der Waals surface area contributed by atoms with Gasteiger partial charge < -0.3 is 5.32 Å². The van der Waals surface area contributed by atoms with Gasteiger partial charge in [0.2, 0.25) is 0 Å². The molecule has 1 aliphatic heterocycles. The maximum absolute atomic E-state index is 3.71. The first-order valence-corrected chi connectivity index (χ1v) is 4.10. The van der Waals surface area contributed by atoms with E-state index in [9.17, 15) is 0 Å². The topological polar surface area (TPSA) is 12.0 Å². The molecule has 0 aliphatic carbocycles. The fourth-order valence-corrected chi connectivity index (χ4v) is 1.43. The predicted octanol–water partition coefficient (Wildman–Crippen LogP) is 1.77. The molecule has 1 saturated heterocycles. The molecule has 1 heterocycles. The van der Waals surface area contributed by atoms with E-state index < -0.39 is 0 Å². The van der Waals surface area contributed by atoms with E-state index in [1.54, 1.807) is 0 Å². The molecule has 1 nitrogen and oxygen atoms in total. The van der Waals surface area contributed by atoms with Gasteiger partial charge in [0.25, 0.3) is 0 Å². The van der Waals surface area contributed by atoms with Crippen LogP contribution in [0.15, 0.2) is 12.7 Å². The van der Waals surface area contributed by atoms with Crippen molar-refractivity contribution in [1.82, 2.24) is 5.32 Å². The second kappa shape index (κ2) is 4.51. The lowest BCUT2D eigenvalue weighted by molar-refractivity contribution is 0.550. The van der Waals surface area contributed by atoms with Crippen LogP contribution in [0.3, 0.4) is 0 Å². The Balaban J connectivity index is 2.21. The molecule has 1 radical (unpaired) electrons. The predicted molar refractivity (Wildman–Crippen MR) is 44.7 cm³/mol. The summed E-state index contributed by atoms with van der Waals surface area (Å²) < 4.78 is 0. The molecule has 1 rings (SSSR count). The molecule has 0 spiro atoms. The summed E-state index contributed by atoms with van der Waals surface area (Å²) in [6, 6.07) is 0.